The van der Waals surface area contributed by atoms with E-state index in [2.05, 4.69) is 13.8 Å². The normalized spacial score (nSPS) is 36.4. The van der Waals surface area contributed by atoms with Crippen molar-refractivity contribution >= 4 is 5.97 Å². The molecule has 108 valence electrons. The van der Waals surface area contributed by atoms with Gasteiger partial charge in [0.25, 0.3) is 0 Å². The second-order valence-corrected chi connectivity index (χ2v) is 6.23. The van der Waals surface area contributed by atoms with Crippen LogP contribution in [-0.4, -0.2) is 13.1 Å². The summed E-state index contributed by atoms with van der Waals surface area (Å²) >= 11 is 0. The summed E-state index contributed by atoms with van der Waals surface area (Å²) < 4.78 is 10.9. The van der Waals surface area contributed by atoms with Crippen LogP contribution in [0.5, 0.6) is 5.75 Å². The fourth-order valence-corrected chi connectivity index (χ4v) is 3.93. The Hall–Kier alpha value is -1.51. The minimum absolute atomic E-state index is 0.00100. The minimum Gasteiger partial charge on any atom is -0.497 e. The predicted octanol–water partition coefficient (Wildman–Crippen LogP) is 3.59. The molecule has 3 nitrogen and oxygen atoms in total. The molecular weight excluding hydrogens is 252 g/mol. The van der Waals surface area contributed by atoms with Crippen molar-refractivity contribution in [1.29, 1.82) is 0 Å². The Kier molecular flexibility index (Phi) is 3.45. The van der Waals surface area contributed by atoms with Crippen LogP contribution in [0, 0.1) is 23.7 Å². The maximum atomic E-state index is 12.3. The summed E-state index contributed by atoms with van der Waals surface area (Å²) in [5, 5.41) is 0. The summed E-state index contributed by atoms with van der Waals surface area (Å²) in [6.45, 7) is 4.39. The fourth-order valence-electron chi connectivity index (χ4n) is 3.93. The van der Waals surface area contributed by atoms with E-state index in [1.54, 1.807) is 7.11 Å². The van der Waals surface area contributed by atoms with E-state index >= 15 is 0 Å². The standard InChI is InChI=1S/C17H22O3/c1-10-4-9-14-11(2)16(20-17(18)15(10)14)12-5-7-13(19-3)8-6-12/h5-8,10-11,14-16H,4,9H2,1-3H3. The number of carbonyl (C=O) groups is 1. The van der Waals surface area contributed by atoms with Crippen LogP contribution in [0.1, 0.15) is 38.4 Å². The number of ether oxygens (including phenoxy) is 2. The molecule has 1 aromatic carbocycles. The average molecular weight is 274 g/mol. The Morgan fingerprint density at radius 2 is 1.85 bits per heavy atom. The molecule has 1 aliphatic heterocycles. The highest BCUT2D eigenvalue weighted by Crippen LogP contribution is 2.50. The number of carbonyl (C=O) groups excluding carboxylic acids is 1. The molecule has 0 N–H and O–H groups in total. The molecule has 3 heteroatoms. The molecule has 1 aromatic rings. The zero-order chi connectivity index (χ0) is 14.3. The monoisotopic (exact) mass is 274 g/mol. The van der Waals surface area contributed by atoms with Gasteiger partial charge in [-0.3, -0.25) is 4.79 Å². The molecule has 5 unspecified atom stereocenters. The number of hydrogen-bond donors (Lipinski definition) is 0. The first kappa shape index (κ1) is 13.5. The largest absolute Gasteiger partial charge is 0.497 e. The lowest BCUT2D eigenvalue weighted by Gasteiger charge is -2.38. The number of cyclic esters (lactones) is 1. The number of rotatable bonds is 2. The Morgan fingerprint density at radius 1 is 1.15 bits per heavy atom. The van der Waals surface area contributed by atoms with Crippen LogP contribution in [-0.2, 0) is 9.53 Å². The number of hydrogen-bond acceptors (Lipinski definition) is 3. The fraction of sp³-hybridized carbons (Fsp3) is 0.588. The van der Waals surface area contributed by atoms with E-state index in [-0.39, 0.29) is 18.0 Å². The molecule has 1 heterocycles. The van der Waals surface area contributed by atoms with Crippen molar-refractivity contribution in [3.05, 3.63) is 29.8 Å². The summed E-state index contributed by atoms with van der Waals surface area (Å²) in [7, 11) is 1.66. The zero-order valence-corrected chi connectivity index (χ0v) is 12.3. The maximum absolute atomic E-state index is 12.3. The molecule has 0 radical (unpaired) electrons. The first-order valence-corrected chi connectivity index (χ1v) is 7.46. The zero-order valence-electron chi connectivity index (χ0n) is 12.3. The SMILES string of the molecule is COc1ccc(C2OC(=O)C3C(C)CCC3C2C)cc1. The number of fused-ring (bicyclic) bond motifs is 1. The molecule has 20 heavy (non-hydrogen) atoms. The molecular formula is C17H22O3. The van der Waals surface area contributed by atoms with Crippen molar-refractivity contribution in [2.24, 2.45) is 23.7 Å². The van der Waals surface area contributed by atoms with Gasteiger partial charge < -0.3 is 9.47 Å². The van der Waals surface area contributed by atoms with Crippen LogP contribution < -0.4 is 4.74 Å². The molecule has 1 saturated heterocycles. The third kappa shape index (κ3) is 2.09. The molecule has 0 aromatic heterocycles. The first-order chi connectivity index (χ1) is 9.61. The number of benzene rings is 1. The van der Waals surface area contributed by atoms with Crippen molar-refractivity contribution in [2.45, 2.75) is 32.8 Å². The highest BCUT2D eigenvalue weighted by molar-refractivity contribution is 5.75. The van der Waals surface area contributed by atoms with Gasteiger partial charge in [-0.2, -0.15) is 0 Å². The summed E-state index contributed by atoms with van der Waals surface area (Å²) in [4.78, 5) is 12.3. The molecule has 0 amide bonds. The Bertz CT molecular complexity index is 493. The van der Waals surface area contributed by atoms with E-state index in [0.717, 1.165) is 24.2 Å². The van der Waals surface area contributed by atoms with Crippen LogP contribution in [0.4, 0.5) is 0 Å². The predicted molar refractivity (Wildman–Crippen MR) is 76.4 cm³/mol. The lowest BCUT2D eigenvalue weighted by molar-refractivity contribution is -0.172. The van der Waals surface area contributed by atoms with Crippen LogP contribution in [0.2, 0.25) is 0 Å². The quantitative estimate of drug-likeness (QED) is 0.773. The third-order valence-corrected chi connectivity index (χ3v) is 5.14. The average Bonchev–Trinajstić information content (AvgIpc) is 2.86. The lowest BCUT2D eigenvalue weighted by Crippen LogP contribution is -2.39. The highest BCUT2D eigenvalue weighted by atomic mass is 16.5. The van der Waals surface area contributed by atoms with Crippen LogP contribution in [0.25, 0.3) is 0 Å². The number of esters is 1. The summed E-state index contributed by atoms with van der Waals surface area (Å²) in [5.74, 6) is 2.26. The molecule has 1 aliphatic carbocycles. The molecule has 1 saturated carbocycles. The van der Waals surface area contributed by atoms with Crippen molar-refractivity contribution < 1.29 is 14.3 Å². The van der Waals surface area contributed by atoms with Gasteiger partial charge in [0, 0.05) is 5.92 Å². The van der Waals surface area contributed by atoms with Gasteiger partial charge in [-0.25, -0.2) is 0 Å². The van der Waals surface area contributed by atoms with Crippen LogP contribution in [0.15, 0.2) is 24.3 Å². The van der Waals surface area contributed by atoms with E-state index in [9.17, 15) is 4.79 Å². The smallest absolute Gasteiger partial charge is 0.310 e. The van der Waals surface area contributed by atoms with Gasteiger partial charge in [0.2, 0.25) is 0 Å². The highest BCUT2D eigenvalue weighted by Gasteiger charge is 2.49. The van der Waals surface area contributed by atoms with Crippen molar-refractivity contribution in [2.75, 3.05) is 7.11 Å². The Balaban J connectivity index is 1.85. The molecule has 2 fully saturated rings. The molecule has 0 spiro atoms. The summed E-state index contributed by atoms with van der Waals surface area (Å²) in [6.07, 6.45) is 2.18. The van der Waals surface area contributed by atoms with Gasteiger partial charge in [0.1, 0.15) is 11.9 Å². The lowest BCUT2D eigenvalue weighted by atomic mass is 9.76. The van der Waals surface area contributed by atoms with Gasteiger partial charge in [0.05, 0.1) is 13.0 Å². The number of methoxy groups -OCH3 is 1. The van der Waals surface area contributed by atoms with Crippen molar-refractivity contribution in [3.63, 3.8) is 0 Å². The topological polar surface area (TPSA) is 35.5 Å². The van der Waals surface area contributed by atoms with E-state index in [1.807, 2.05) is 24.3 Å². The Morgan fingerprint density at radius 3 is 2.50 bits per heavy atom. The molecule has 5 atom stereocenters. The van der Waals surface area contributed by atoms with Gasteiger partial charge in [0.15, 0.2) is 0 Å². The van der Waals surface area contributed by atoms with Crippen LogP contribution >= 0.6 is 0 Å². The maximum Gasteiger partial charge on any atom is 0.310 e. The van der Waals surface area contributed by atoms with E-state index in [4.69, 9.17) is 9.47 Å². The summed E-state index contributed by atoms with van der Waals surface area (Å²) in [6, 6.07) is 7.87. The van der Waals surface area contributed by atoms with E-state index in [0.29, 0.717) is 17.8 Å². The van der Waals surface area contributed by atoms with Gasteiger partial charge >= 0.3 is 5.97 Å². The molecule has 2 aliphatic rings. The van der Waals surface area contributed by atoms with Crippen molar-refractivity contribution in [3.8, 4) is 5.75 Å². The molecule has 3 rings (SSSR count). The van der Waals surface area contributed by atoms with Crippen molar-refractivity contribution in [1.82, 2.24) is 0 Å². The van der Waals surface area contributed by atoms with Crippen LogP contribution in [0.3, 0.4) is 0 Å². The van der Waals surface area contributed by atoms with Gasteiger partial charge in [-0.05, 0) is 42.4 Å². The first-order valence-electron chi connectivity index (χ1n) is 7.46. The second-order valence-electron chi connectivity index (χ2n) is 6.23. The van der Waals surface area contributed by atoms with Gasteiger partial charge in [-0.15, -0.1) is 0 Å². The minimum atomic E-state index is -0.111. The van der Waals surface area contributed by atoms with Gasteiger partial charge in [-0.1, -0.05) is 26.0 Å². The third-order valence-electron chi connectivity index (χ3n) is 5.14. The summed E-state index contributed by atoms with van der Waals surface area (Å²) in [5.41, 5.74) is 1.07. The van der Waals surface area contributed by atoms with E-state index in [1.165, 1.54) is 0 Å². The van der Waals surface area contributed by atoms with E-state index < -0.39 is 0 Å². The Labute approximate surface area is 120 Å². The molecule has 0 bridgehead atoms. The second kappa shape index (κ2) is 5.12.